The van der Waals surface area contributed by atoms with Gasteiger partial charge in [-0.3, -0.25) is 4.79 Å². The number of nitrogens with zero attached hydrogens (tertiary/aromatic N) is 2. The van der Waals surface area contributed by atoms with Gasteiger partial charge in [-0.05, 0) is 37.4 Å². The third-order valence-electron chi connectivity index (χ3n) is 4.56. The number of amides is 1. The number of benzene rings is 2. The van der Waals surface area contributed by atoms with Gasteiger partial charge in [0.15, 0.2) is 5.75 Å². The van der Waals surface area contributed by atoms with E-state index in [2.05, 4.69) is 10.1 Å². The first kappa shape index (κ1) is 22.1. The smallest absolute Gasteiger partial charge is 0.404 e. The summed E-state index contributed by atoms with van der Waals surface area (Å²) in [6.07, 6.45) is -4.92. The van der Waals surface area contributed by atoms with Crippen LogP contribution in [-0.2, 0) is 10.0 Å². The SMILES string of the molecule is CN1CCN(S(=O)(=O)c2cccc(C(=O)Nc3ccccc3OC(F)(F)F)c2)CC1. The molecule has 0 aromatic heterocycles. The first-order valence-corrected chi connectivity index (χ1v) is 10.5. The molecule has 0 atom stereocenters. The number of piperazine rings is 1. The molecule has 1 fully saturated rings. The second kappa shape index (κ2) is 8.62. The van der Waals surface area contributed by atoms with Crippen molar-refractivity contribution in [1.29, 1.82) is 0 Å². The lowest BCUT2D eigenvalue weighted by Gasteiger charge is -2.31. The van der Waals surface area contributed by atoms with E-state index in [0.717, 1.165) is 6.07 Å². The fraction of sp³-hybridized carbons (Fsp3) is 0.316. The fourth-order valence-corrected chi connectivity index (χ4v) is 4.42. The van der Waals surface area contributed by atoms with Crippen LogP contribution in [0.3, 0.4) is 0 Å². The summed E-state index contributed by atoms with van der Waals surface area (Å²) in [7, 11) is -1.90. The highest BCUT2D eigenvalue weighted by molar-refractivity contribution is 7.89. The predicted octanol–water partition coefficient (Wildman–Crippen LogP) is 2.77. The molecule has 2 aromatic carbocycles. The summed E-state index contributed by atoms with van der Waals surface area (Å²) >= 11 is 0. The Balaban J connectivity index is 1.81. The molecular weight excluding hydrogens is 423 g/mol. The summed E-state index contributed by atoms with van der Waals surface area (Å²) in [5.74, 6) is -1.33. The summed E-state index contributed by atoms with van der Waals surface area (Å²) in [6, 6.07) is 10.5. The van der Waals surface area contributed by atoms with Crippen LogP contribution in [0.2, 0.25) is 0 Å². The Hall–Kier alpha value is -2.63. The molecule has 1 heterocycles. The van der Waals surface area contributed by atoms with Gasteiger partial charge in [0, 0.05) is 31.7 Å². The number of alkyl halides is 3. The lowest BCUT2D eigenvalue weighted by Crippen LogP contribution is -2.47. The third-order valence-corrected chi connectivity index (χ3v) is 6.45. The van der Waals surface area contributed by atoms with Crippen molar-refractivity contribution >= 4 is 21.6 Å². The number of rotatable bonds is 5. The van der Waals surface area contributed by atoms with Crippen LogP contribution in [0.25, 0.3) is 0 Å². The fourth-order valence-electron chi connectivity index (χ4n) is 2.95. The van der Waals surface area contributed by atoms with Gasteiger partial charge >= 0.3 is 6.36 Å². The molecule has 1 saturated heterocycles. The molecule has 0 unspecified atom stereocenters. The van der Waals surface area contributed by atoms with E-state index in [0.29, 0.717) is 26.2 Å². The Bertz CT molecular complexity index is 1020. The van der Waals surface area contributed by atoms with Crippen molar-refractivity contribution in [3.8, 4) is 5.75 Å². The molecule has 162 valence electrons. The van der Waals surface area contributed by atoms with Gasteiger partial charge in [-0.15, -0.1) is 13.2 Å². The van der Waals surface area contributed by atoms with Crippen LogP contribution in [0.5, 0.6) is 5.75 Å². The maximum atomic E-state index is 12.9. The minimum absolute atomic E-state index is 0.00739. The van der Waals surface area contributed by atoms with Gasteiger partial charge in [-0.2, -0.15) is 4.31 Å². The monoisotopic (exact) mass is 443 g/mol. The quantitative estimate of drug-likeness (QED) is 0.769. The lowest BCUT2D eigenvalue weighted by atomic mass is 10.2. The van der Waals surface area contributed by atoms with Gasteiger partial charge in [-0.1, -0.05) is 18.2 Å². The molecule has 11 heteroatoms. The Kier molecular flexibility index (Phi) is 6.34. The number of halogens is 3. The van der Waals surface area contributed by atoms with Crippen molar-refractivity contribution < 1.29 is 31.1 Å². The Labute approximate surface area is 172 Å². The molecule has 0 saturated carbocycles. The second-order valence-corrected chi connectivity index (χ2v) is 8.67. The van der Waals surface area contributed by atoms with Crippen LogP contribution in [0.1, 0.15) is 10.4 Å². The van der Waals surface area contributed by atoms with Crippen LogP contribution in [0, 0.1) is 0 Å². The van der Waals surface area contributed by atoms with Crippen LogP contribution in [0.4, 0.5) is 18.9 Å². The van der Waals surface area contributed by atoms with Crippen molar-refractivity contribution in [3.63, 3.8) is 0 Å². The van der Waals surface area contributed by atoms with Gasteiger partial charge in [0.2, 0.25) is 10.0 Å². The molecule has 30 heavy (non-hydrogen) atoms. The highest BCUT2D eigenvalue weighted by Gasteiger charge is 2.32. The van der Waals surface area contributed by atoms with Gasteiger partial charge in [-0.25, -0.2) is 8.42 Å². The number of ether oxygens (including phenoxy) is 1. The largest absolute Gasteiger partial charge is 0.573 e. The van der Waals surface area contributed by atoms with Crippen LogP contribution < -0.4 is 10.1 Å². The molecule has 1 amide bonds. The lowest BCUT2D eigenvalue weighted by molar-refractivity contribution is -0.274. The van der Waals surface area contributed by atoms with Crippen molar-refractivity contribution in [2.24, 2.45) is 0 Å². The maximum absolute atomic E-state index is 12.9. The van der Waals surface area contributed by atoms with E-state index in [9.17, 15) is 26.4 Å². The number of carbonyl (C=O) groups is 1. The molecule has 0 spiro atoms. The van der Waals surface area contributed by atoms with Crippen LogP contribution in [-0.4, -0.2) is 63.1 Å². The van der Waals surface area contributed by atoms with E-state index in [1.165, 1.54) is 46.8 Å². The highest BCUT2D eigenvalue weighted by Crippen LogP contribution is 2.30. The zero-order chi connectivity index (χ0) is 21.9. The number of likely N-dealkylation sites (N-methyl/N-ethyl adjacent to an activating group) is 1. The molecular formula is C19H20F3N3O4S. The third kappa shape index (κ3) is 5.29. The highest BCUT2D eigenvalue weighted by atomic mass is 32.2. The van der Waals surface area contributed by atoms with Gasteiger partial charge in [0.05, 0.1) is 10.6 Å². The first-order valence-electron chi connectivity index (χ1n) is 9.01. The molecule has 7 nitrogen and oxygen atoms in total. The van der Waals surface area contributed by atoms with E-state index >= 15 is 0 Å². The standard InChI is InChI=1S/C19H20F3N3O4S/c1-24-9-11-25(12-10-24)30(27,28)15-6-4-5-14(13-15)18(26)23-16-7-2-3-8-17(16)29-19(20,21)22/h2-8,13H,9-12H2,1H3,(H,23,26). The Morgan fingerprint density at radius 1 is 1.03 bits per heavy atom. The summed E-state index contributed by atoms with van der Waals surface area (Å²) in [4.78, 5) is 14.5. The van der Waals surface area contributed by atoms with E-state index < -0.39 is 28.0 Å². The summed E-state index contributed by atoms with van der Waals surface area (Å²) in [5, 5.41) is 2.33. The minimum Gasteiger partial charge on any atom is -0.404 e. The normalized spacial score (nSPS) is 16.3. The molecule has 0 bridgehead atoms. The Morgan fingerprint density at radius 2 is 1.70 bits per heavy atom. The number of hydrogen-bond acceptors (Lipinski definition) is 5. The molecule has 2 aromatic rings. The van der Waals surface area contributed by atoms with Crippen molar-refractivity contribution in [2.45, 2.75) is 11.3 Å². The summed E-state index contributed by atoms with van der Waals surface area (Å²) in [6.45, 7) is 1.85. The van der Waals surface area contributed by atoms with Crippen molar-refractivity contribution in [1.82, 2.24) is 9.21 Å². The van der Waals surface area contributed by atoms with Crippen LogP contribution >= 0.6 is 0 Å². The van der Waals surface area contributed by atoms with Crippen molar-refractivity contribution in [3.05, 3.63) is 54.1 Å². The van der Waals surface area contributed by atoms with E-state index in [1.807, 2.05) is 11.9 Å². The number of hydrogen-bond donors (Lipinski definition) is 1. The zero-order valence-electron chi connectivity index (χ0n) is 16.0. The van der Waals surface area contributed by atoms with Crippen molar-refractivity contribution in [2.75, 3.05) is 38.5 Å². The van der Waals surface area contributed by atoms with Gasteiger partial charge < -0.3 is 15.0 Å². The number of nitrogens with one attached hydrogen (secondary N) is 1. The topological polar surface area (TPSA) is 79.0 Å². The van der Waals surface area contributed by atoms with Crippen LogP contribution in [0.15, 0.2) is 53.4 Å². The zero-order valence-corrected chi connectivity index (χ0v) is 16.8. The summed E-state index contributed by atoms with van der Waals surface area (Å²) < 4.78 is 68.7. The predicted molar refractivity (Wildman–Crippen MR) is 104 cm³/mol. The Morgan fingerprint density at radius 3 is 2.37 bits per heavy atom. The van der Waals surface area contributed by atoms with E-state index in [4.69, 9.17) is 0 Å². The average molecular weight is 443 g/mol. The van der Waals surface area contributed by atoms with E-state index in [1.54, 1.807) is 0 Å². The van der Waals surface area contributed by atoms with Gasteiger partial charge in [0.25, 0.3) is 5.91 Å². The molecule has 1 aliphatic heterocycles. The maximum Gasteiger partial charge on any atom is 0.573 e. The number of sulfonamides is 1. The number of para-hydroxylation sites is 2. The number of anilines is 1. The first-order chi connectivity index (χ1) is 14.1. The second-order valence-electron chi connectivity index (χ2n) is 6.73. The average Bonchev–Trinajstić information content (AvgIpc) is 2.69. The molecule has 1 aliphatic rings. The molecule has 3 rings (SSSR count). The number of carbonyl (C=O) groups excluding carboxylic acids is 1. The minimum atomic E-state index is -4.92. The molecule has 0 radical (unpaired) electrons. The molecule has 1 N–H and O–H groups in total. The summed E-state index contributed by atoms with van der Waals surface area (Å²) in [5.41, 5.74) is -0.195. The van der Waals surface area contributed by atoms with Gasteiger partial charge in [0.1, 0.15) is 0 Å². The molecule has 0 aliphatic carbocycles. The van der Waals surface area contributed by atoms with E-state index in [-0.39, 0.29) is 16.1 Å².